The van der Waals surface area contributed by atoms with Crippen LogP contribution in [0.1, 0.15) is 44.2 Å². The maximum atomic E-state index is 6.07. The molecule has 1 fully saturated rings. The zero-order valence-corrected chi connectivity index (χ0v) is 12.6. The molecule has 2 N–H and O–H groups in total. The molecular formula is C18H25NO. The molecule has 0 bridgehead atoms. The van der Waals surface area contributed by atoms with E-state index in [0.29, 0.717) is 19.3 Å². The fourth-order valence-corrected chi connectivity index (χ4v) is 2.76. The van der Waals surface area contributed by atoms with Crippen molar-refractivity contribution >= 4 is 0 Å². The van der Waals surface area contributed by atoms with E-state index in [2.05, 4.69) is 37.8 Å². The van der Waals surface area contributed by atoms with Gasteiger partial charge in [0.1, 0.15) is 0 Å². The Kier molecular flexibility index (Phi) is 5.64. The summed E-state index contributed by atoms with van der Waals surface area (Å²) in [7, 11) is 0. The summed E-state index contributed by atoms with van der Waals surface area (Å²) in [5.41, 5.74) is 7.61. The molecular weight excluding hydrogens is 246 g/mol. The predicted molar refractivity (Wildman–Crippen MR) is 83.1 cm³/mol. The van der Waals surface area contributed by atoms with Crippen LogP contribution in [0, 0.1) is 23.7 Å². The third-order valence-corrected chi connectivity index (χ3v) is 4.30. The Morgan fingerprint density at radius 3 is 2.85 bits per heavy atom. The summed E-state index contributed by atoms with van der Waals surface area (Å²) in [5.74, 6) is 7.56. The normalized spacial score (nSPS) is 25.9. The van der Waals surface area contributed by atoms with Crippen molar-refractivity contribution in [2.45, 2.75) is 45.8 Å². The van der Waals surface area contributed by atoms with Gasteiger partial charge in [0.2, 0.25) is 0 Å². The van der Waals surface area contributed by atoms with Crippen LogP contribution >= 0.6 is 0 Å². The van der Waals surface area contributed by atoms with Gasteiger partial charge in [0.25, 0.3) is 0 Å². The second-order valence-electron chi connectivity index (χ2n) is 5.91. The summed E-state index contributed by atoms with van der Waals surface area (Å²) in [5, 5.41) is 0. The lowest BCUT2D eigenvalue weighted by atomic mass is 9.80. The van der Waals surface area contributed by atoms with Crippen LogP contribution < -0.4 is 5.73 Å². The van der Waals surface area contributed by atoms with Crippen LogP contribution in [0.3, 0.4) is 0 Å². The SMILES string of the molecule is CC1CCC(OCc2cccc(C#CCN)c2)CC1C. The maximum Gasteiger partial charge on any atom is 0.0721 e. The van der Waals surface area contributed by atoms with Crippen molar-refractivity contribution in [1.29, 1.82) is 0 Å². The molecule has 1 aliphatic carbocycles. The van der Waals surface area contributed by atoms with Gasteiger partial charge in [-0.15, -0.1) is 0 Å². The second kappa shape index (κ2) is 7.47. The first-order valence-electron chi connectivity index (χ1n) is 7.58. The Balaban J connectivity index is 1.88. The fraction of sp³-hybridized carbons (Fsp3) is 0.556. The van der Waals surface area contributed by atoms with Gasteiger partial charge in [0.05, 0.1) is 19.3 Å². The molecule has 1 aromatic rings. The van der Waals surface area contributed by atoms with E-state index in [0.717, 1.165) is 17.4 Å². The molecule has 2 rings (SSSR count). The Morgan fingerprint density at radius 1 is 1.25 bits per heavy atom. The first-order chi connectivity index (χ1) is 9.69. The van der Waals surface area contributed by atoms with E-state index < -0.39 is 0 Å². The van der Waals surface area contributed by atoms with Crippen molar-refractivity contribution in [3.8, 4) is 11.8 Å². The van der Waals surface area contributed by atoms with Gasteiger partial charge in [-0.2, -0.15) is 0 Å². The van der Waals surface area contributed by atoms with Gasteiger partial charge in [0.15, 0.2) is 0 Å². The number of nitrogens with two attached hydrogens (primary N) is 1. The zero-order chi connectivity index (χ0) is 14.4. The Labute approximate surface area is 122 Å². The lowest BCUT2D eigenvalue weighted by Gasteiger charge is -2.32. The van der Waals surface area contributed by atoms with Crippen molar-refractivity contribution in [3.63, 3.8) is 0 Å². The van der Waals surface area contributed by atoms with E-state index in [9.17, 15) is 0 Å². The molecule has 0 saturated heterocycles. The Bertz CT molecular complexity index is 486. The van der Waals surface area contributed by atoms with Crippen molar-refractivity contribution in [2.75, 3.05) is 6.54 Å². The van der Waals surface area contributed by atoms with Gasteiger partial charge in [-0.3, -0.25) is 0 Å². The number of hydrogen-bond acceptors (Lipinski definition) is 2. The molecule has 0 aromatic heterocycles. The summed E-state index contributed by atoms with van der Waals surface area (Å²) in [6.07, 6.45) is 4.08. The van der Waals surface area contributed by atoms with E-state index in [1.165, 1.54) is 24.8 Å². The summed E-state index contributed by atoms with van der Waals surface area (Å²) in [4.78, 5) is 0. The lowest BCUT2D eigenvalue weighted by Crippen LogP contribution is -2.26. The largest absolute Gasteiger partial charge is 0.374 e. The minimum Gasteiger partial charge on any atom is -0.374 e. The highest BCUT2D eigenvalue weighted by Crippen LogP contribution is 2.31. The first-order valence-corrected chi connectivity index (χ1v) is 7.58. The summed E-state index contributed by atoms with van der Waals surface area (Å²) >= 11 is 0. The maximum absolute atomic E-state index is 6.07. The van der Waals surface area contributed by atoms with Crippen LogP contribution in [0.5, 0.6) is 0 Å². The molecule has 0 amide bonds. The number of rotatable bonds is 3. The van der Waals surface area contributed by atoms with Crippen molar-refractivity contribution in [2.24, 2.45) is 17.6 Å². The predicted octanol–water partition coefficient (Wildman–Crippen LogP) is 3.34. The second-order valence-corrected chi connectivity index (χ2v) is 5.91. The zero-order valence-electron chi connectivity index (χ0n) is 12.6. The monoisotopic (exact) mass is 271 g/mol. The average Bonchev–Trinajstić information content (AvgIpc) is 2.47. The van der Waals surface area contributed by atoms with Crippen LogP contribution in [0.4, 0.5) is 0 Å². The highest BCUT2D eigenvalue weighted by Gasteiger charge is 2.24. The number of benzene rings is 1. The molecule has 3 atom stereocenters. The summed E-state index contributed by atoms with van der Waals surface area (Å²) < 4.78 is 6.07. The standard InChI is InChI=1S/C18H25NO/c1-14-8-9-18(11-15(14)2)20-13-17-6-3-5-16(12-17)7-4-10-19/h3,5-6,12,14-15,18H,8-11,13,19H2,1-2H3. The fourth-order valence-electron chi connectivity index (χ4n) is 2.76. The highest BCUT2D eigenvalue weighted by atomic mass is 16.5. The molecule has 1 aromatic carbocycles. The molecule has 108 valence electrons. The molecule has 2 nitrogen and oxygen atoms in total. The summed E-state index contributed by atoms with van der Waals surface area (Å²) in [6, 6.07) is 8.24. The Hall–Kier alpha value is -1.30. The van der Waals surface area contributed by atoms with Crippen molar-refractivity contribution < 1.29 is 4.74 Å². The van der Waals surface area contributed by atoms with E-state index in [1.54, 1.807) is 0 Å². The molecule has 2 heteroatoms. The molecule has 0 spiro atoms. The van der Waals surface area contributed by atoms with E-state index in [-0.39, 0.29) is 0 Å². The average molecular weight is 271 g/mol. The van der Waals surface area contributed by atoms with Crippen LogP contribution in [0.15, 0.2) is 24.3 Å². The molecule has 1 saturated carbocycles. The van der Waals surface area contributed by atoms with Gasteiger partial charge in [-0.05, 0) is 48.8 Å². The first kappa shape index (κ1) is 15.1. The van der Waals surface area contributed by atoms with Crippen LogP contribution in [0.25, 0.3) is 0 Å². The molecule has 0 radical (unpaired) electrons. The minimum absolute atomic E-state index is 0.402. The third kappa shape index (κ3) is 4.37. The van der Waals surface area contributed by atoms with Gasteiger partial charge in [0, 0.05) is 5.56 Å². The quantitative estimate of drug-likeness (QED) is 0.856. The van der Waals surface area contributed by atoms with Crippen LogP contribution in [0.2, 0.25) is 0 Å². The molecule has 0 heterocycles. The number of hydrogen-bond donors (Lipinski definition) is 1. The van der Waals surface area contributed by atoms with Crippen LogP contribution in [-0.2, 0) is 11.3 Å². The molecule has 1 aliphatic rings. The molecule has 3 unspecified atom stereocenters. The van der Waals surface area contributed by atoms with E-state index in [1.807, 2.05) is 12.1 Å². The van der Waals surface area contributed by atoms with Gasteiger partial charge >= 0.3 is 0 Å². The number of ether oxygens (including phenoxy) is 1. The topological polar surface area (TPSA) is 35.2 Å². The molecule has 20 heavy (non-hydrogen) atoms. The Morgan fingerprint density at radius 2 is 2.10 bits per heavy atom. The smallest absolute Gasteiger partial charge is 0.0721 e. The highest BCUT2D eigenvalue weighted by molar-refractivity contribution is 5.37. The van der Waals surface area contributed by atoms with Gasteiger partial charge in [-0.1, -0.05) is 37.8 Å². The lowest BCUT2D eigenvalue weighted by molar-refractivity contribution is -0.00745. The van der Waals surface area contributed by atoms with Crippen LogP contribution in [-0.4, -0.2) is 12.6 Å². The van der Waals surface area contributed by atoms with Gasteiger partial charge < -0.3 is 10.5 Å². The minimum atomic E-state index is 0.402. The van der Waals surface area contributed by atoms with Gasteiger partial charge in [-0.25, -0.2) is 0 Å². The molecule has 0 aliphatic heterocycles. The summed E-state index contributed by atoms with van der Waals surface area (Å²) in [6.45, 7) is 5.77. The van der Waals surface area contributed by atoms with Crippen molar-refractivity contribution in [1.82, 2.24) is 0 Å². The third-order valence-electron chi connectivity index (χ3n) is 4.30. The van der Waals surface area contributed by atoms with Crippen molar-refractivity contribution in [3.05, 3.63) is 35.4 Å². The van der Waals surface area contributed by atoms with E-state index in [4.69, 9.17) is 10.5 Å². The van der Waals surface area contributed by atoms with E-state index >= 15 is 0 Å².